The lowest BCUT2D eigenvalue weighted by Gasteiger charge is -2.03. The van der Waals surface area contributed by atoms with Gasteiger partial charge in [0.25, 0.3) is 5.91 Å². The Hall–Kier alpha value is -2.57. The van der Waals surface area contributed by atoms with E-state index in [2.05, 4.69) is 10.3 Å². The van der Waals surface area contributed by atoms with Crippen molar-refractivity contribution in [3.8, 4) is 0 Å². The highest BCUT2D eigenvalue weighted by molar-refractivity contribution is 8.18. The minimum atomic E-state index is -1.02. The number of nitrogens with zero attached hydrogens (tertiary/aromatic N) is 1. The summed E-state index contributed by atoms with van der Waals surface area (Å²) in [6, 6.07) is 11.9. The molecule has 0 atom stereocenters. The number of amides is 1. The molecule has 1 heterocycles. The van der Waals surface area contributed by atoms with Crippen LogP contribution in [0.1, 0.15) is 21.5 Å². The molecular weight excluding hydrogens is 360 g/mol. The Kier molecular flexibility index (Phi) is 4.92. The fourth-order valence-corrected chi connectivity index (χ4v) is 3.23. The Balaban J connectivity index is 1.89. The number of nitrogens with one attached hydrogen (secondary N) is 1. The minimum Gasteiger partial charge on any atom is -0.478 e. The number of carbonyl (C=O) groups is 2. The van der Waals surface area contributed by atoms with Gasteiger partial charge in [-0.1, -0.05) is 29.8 Å². The van der Waals surface area contributed by atoms with E-state index in [9.17, 15) is 9.59 Å². The number of carboxylic acid groups (broad SMARTS) is 1. The van der Waals surface area contributed by atoms with Gasteiger partial charge in [0.15, 0.2) is 5.17 Å². The first-order valence-electron chi connectivity index (χ1n) is 7.31. The molecule has 1 aliphatic rings. The average molecular weight is 373 g/mol. The second kappa shape index (κ2) is 7.13. The number of rotatable bonds is 3. The lowest BCUT2D eigenvalue weighted by Crippen LogP contribution is -2.19. The predicted molar refractivity (Wildman–Crippen MR) is 100 cm³/mol. The number of hydrogen-bond donors (Lipinski definition) is 2. The number of benzene rings is 2. The van der Waals surface area contributed by atoms with Crippen LogP contribution >= 0.6 is 23.4 Å². The third-order valence-electron chi connectivity index (χ3n) is 3.48. The topological polar surface area (TPSA) is 78.8 Å². The van der Waals surface area contributed by atoms with Gasteiger partial charge < -0.3 is 10.4 Å². The maximum Gasteiger partial charge on any atom is 0.335 e. The predicted octanol–water partition coefficient (Wildman–Crippen LogP) is 4.24. The Morgan fingerprint density at radius 1 is 1.28 bits per heavy atom. The van der Waals surface area contributed by atoms with Crippen LogP contribution in [0.5, 0.6) is 0 Å². The summed E-state index contributed by atoms with van der Waals surface area (Å²) in [7, 11) is 0. The van der Waals surface area contributed by atoms with Crippen molar-refractivity contribution >= 4 is 52.2 Å². The number of carbonyl (C=O) groups excluding carboxylic acids is 1. The van der Waals surface area contributed by atoms with E-state index in [0.717, 1.165) is 11.1 Å². The van der Waals surface area contributed by atoms with E-state index in [1.54, 1.807) is 24.3 Å². The first-order chi connectivity index (χ1) is 11.9. The van der Waals surface area contributed by atoms with Crippen molar-refractivity contribution in [3.05, 3.63) is 69.1 Å². The summed E-state index contributed by atoms with van der Waals surface area (Å²) in [4.78, 5) is 28.1. The van der Waals surface area contributed by atoms with Crippen molar-refractivity contribution in [2.24, 2.45) is 4.99 Å². The van der Waals surface area contributed by atoms with E-state index in [1.807, 2.05) is 19.1 Å². The zero-order valence-corrected chi connectivity index (χ0v) is 14.7. The van der Waals surface area contributed by atoms with Crippen LogP contribution in [0.25, 0.3) is 6.08 Å². The highest BCUT2D eigenvalue weighted by Crippen LogP contribution is 2.30. The highest BCUT2D eigenvalue weighted by atomic mass is 35.5. The zero-order chi connectivity index (χ0) is 18.0. The van der Waals surface area contributed by atoms with Crippen LogP contribution in [0.4, 0.5) is 5.69 Å². The van der Waals surface area contributed by atoms with Gasteiger partial charge in [-0.25, -0.2) is 9.79 Å². The molecule has 0 saturated carbocycles. The molecule has 2 N–H and O–H groups in total. The number of halogens is 1. The third-order valence-corrected chi connectivity index (χ3v) is 4.62. The van der Waals surface area contributed by atoms with Crippen molar-refractivity contribution < 1.29 is 14.7 Å². The van der Waals surface area contributed by atoms with Crippen LogP contribution in [-0.4, -0.2) is 22.2 Å². The molecule has 7 heteroatoms. The maximum absolute atomic E-state index is 12.1. The molecule has 1 amide bonds. The summed E-state index contributed by atoms with van der Waals surface area (Å²) in [5, 5.41) is 12.8. The molecule has 25 heavy (non-hydrogen) atoms. The summed E-state index contributed by atoms with van der Waals surface area (Å²) >= 11 is 7.15. The van der Waals surface area contributed by atoms with Crippen LogP contribution < -0.4 is 5.32 Å². The average Bonchev–Trinajstić information content (AvgIpc) is 2.89. The zero-order valence-electron chi connectivity index (χ0n) is 13.1. The van der Waals surface area contributed by atoms with Crippen LogP contribution in [0, 0.1) is 6.92 Å². The molecule has 3 rings (SSSR count). The molecule has 0 radical (unpaired) electrons. The number of carboxylic acids is 1. The summed E-state index contributed by atoms with van der Waals surface area (Å²) in [5.41, 5.74) is 2.29. The smallest absolute Gasteiger partial charge is 0.335 e. The number of aliphatic imine (C=N–C) groups is 1. The van der Waals surface area contributed by atoms with E-state index < -0.39 is 5.97 Å². The second-order valence-electron chi connectivity index (χ2n) is 5.34. The summed E-state index contributed by atoms with van der Waals surface area (Å²) in [6.07, 6.45) is 1.73. The maximum atomic E-state index is 12.1. The molecule has 0 spiro atoms. The van der Waals surface area contributed by atoms with Crippen LogP contribution in [0.15, 0.2) is 52.4 Å². The Bertz CT molecular complexity index is 938. The monoisotopic (exact) mass is 372 g/mol. The van der Waals surface area contributed by atoms with Gasteiger partial charge >= 0.3 is 5.97 Å². The number of aromatic carboxylic acids is 1. The van der Waals surface area contributed by atoms with Crippen molar-refractivity contribution in [1.29, 1.82) is 0 Å². The molecule has 1 aliphatic heterocycles. The summed E-state index contributed by atoms with van der Waals surface area (Å²) in [5.74, 6) is -1.28. The van der Waals surface area contributed by atoms with E-state index >= 15 is 0 Å². The van der Waals surface area contributed by atoms with E-state index in [-0.39, 0.29) is 11.5 Å². The summed E-state index contributed by atoms with van der Waals surface area (Å²) < 4.78 is 0. The van der Waals surface area contributed by atoms with Crippen molar-refractivity contribution in [2.75, 3.05) is 0 Å². The largest absolute Gasteiger partial charge is 0.478 e. The summed E-state index contributed by atoms with van der Waals surface area (Å²) in [6.45, 7) is 1.83. The number of amidine groups is 1. The van der Waals surface area contributed by atoms with E-state index in [4.69, 9.17) is 16.7 Å². The SMILES string of the molecule is Cc1ccc(C(=O)O)cc1N=C1NC(=O)/C(=C/c2cccc(Cl)c2)S1. The third kappa shape index (κ3) is 4.10. The molecule has 126 valence electrons. The normalized spacial score (nSPS) is 17.1. The standard InChI is InChI=1S/C18H13ClN2O3S/c1-10-5-6-12(17(23)24)9-14(10)20-18-21-16(22)15(25-18)8-11-3-2-4-13(19)7-11/h2-9H,1H3,(H,23,24)(H,20,21,22)/b15-8-. The Labute approximate surface area is 153 Å². The van der Waals surface area contributed by atoms with Crippen molar-refractivity contribution in [1.82, 2.24) is 5.32 Å². The molecule has 0 bridgehead atoms. The lowest BCUT2D eigenvalue weighted by molar-refractivity contribution is -0.115. The number of thioether (sulfide) groups is 1. The quantitative estimate of drug-likeness (QED) is 0.790. The minimum absolute atomic E-state index is 0.147. The first kappa shape index (κ1) is 17.3. The van der Waals surface area contributed by atoms with E-state index in [0.29, 0.717) is 20.8 Å². The van der Waals surface area contributed by atoms with Gasteiger partial charge in [0.1, 0.15) is 0 Å². The molecule has 2 aromatic carbocycles. The van der Waals surface area contributed by atoms with Gasteiger partial charge in [-0.05, 0) is 60.2 Å². The molecule has 2 aromatic rings. The van der Waals surface area contributed by atoms with Gasteiger partial charge in [-0.15, -0.1) is 0 Å². The molecule has 1 saturated heterocycles. The van der Waals surface area contributed by atoms with Crippen LogP contribution in [-0.2, 0) is 4.79 Å². The number of aryl methyl sites for hydroxylation is 1. The van der Waals surface area contributed by atoms with Crippen molar-refractivity contribution in [3.63, 3.8) is 0 Å². The molecular formula is C18H13ClN2O3S. The lowest BCUT2D eigenvalue weighted by atomic mass is 10.1. The van der Waals surface area contributed by atoms with Gasteiger partial charge in [0, 0.05) is 5.02 Å². The Morgan fingerprint density at radius 3 is 2.80 bits per heavy atom. The fraction of sp³-hybridized carbons (Fsp3) is 0.0556. The van der Waals surface area contributed by atoms with Gasteiger partial charge in [-0.2, -0.15) is 0 Å². The van der Waals surface area contributed by atoms with Gasteiger partial charge in [0.05, 0.1) is 16.2 Å². The van der Waals surface area contributed by atoms with Gasteiger partial charge in [0.2, 0.25) is 0 Å². The molecule has 1 fully saturated rings. The van der Waals surface area contributed by atoms with Crippen LogP contribution in [0.3, 0.4) is 0 Å². The van der Waals surface area contributed by atoms with Crippen LogP contribution in [0.2, 0.25) is 5.02 Å². The molecule has 5 nitrogen and oxygen atoms in total. The molecule has 0 aliphatic carbocycles. The fourth-order valence-electron chi connectivity index (χ4n) is 2.20. The van der Waals surface area contributed by atoms with Crippen molar-refractivity contribution in [2.45, 2.75) is 6.92 Å². The Morgan fingerprint density at radius 2 is 2.08 bits per heavy atom. The highest BCUT2D eigenvalue weighted by Gasteiger charge is 2.24. The number of hydrogen-bond acceptors (Lipinski definition) is 4. The molecule has 0 aromatic heterocycles. The van der Waals surface area contributed by atoms with Gasteiger partial charge in [-0.3, -0.25) is 4.79 Å². The second-order valence-corrected chi connectivity index (χ2v) is 6.81. The first-order valence-corrected chi connectivity index (χ1v) is 8.51. The van der Waals surface area contributed by atoms with E-state index in [1.165, 1.54) is 23.9 Å². The molecule has 0 unspecified atom stereocenters.